The van der Waals surface area contributed by atoms with E-state index in [0.717, 1.165) is 25.0 Å². The second-order valence-electron chi connectivity index (χ2n) is 6.52. The molecule has 2 rings (SSSR count). The number of carbonyl (C=O) groups is 2. The number of anilines is 1. The second-order valence-corrected chi connectivity index (χ2v) is 6.52. The molecule has 0 aliphatic carbocycles. The first-order chi connectivity index (χ1) is 13.0. The Labute approximate surface area is 160 Å². The summed E-state index contributed by atoms with van der Waals surface area (Å²) in [6, 6.07) is 12.0. The molecule has 1 aromatic heterocycles. The smallest absolute Gasteiger partial charge is 0.274 e. The zero-order valence-corrected chi connectivity index (χ0v) is 16.1. The molecule has 0 spiro atoms. The van der Waals surface area contributed by atoms with Gasteiger partial charge >= 0.3 is 0 Å². The van der Waals surface area contributed by atoms with Crippen molar-refractivity contribution >= 4 is 17.5 Å². The van der Waals surface area contributed by atoms with Crippen LogP contribution in [0.1, 0.15) is 61.0 Å². The molecule has 0 atom stereocenters. The molecule has 27 heavy (non-hydrogen) atoms. The van der Waals surface area contributed by atoms with E-state index in [1.165, 1.54) is 0 Å². The van der Waals surface area contributed by atoms with E-state index in [0.29, 0.717) is 12.2 Å². The maximum absolute atomic E-state index is 12.4. The fourth-order valence-corrected chi connectivity index (χ4v) is 2.44. The Balaban J connectivity index is 1.97. The van der Waals surface area contributed by atoms with Crippen LogP contribution in [0.15, 0.2) is 42.5 Å². The Morgan fingerprint density at radius 1 is 1.00 bits per heavy atom. The maximum atomic E-state index is 12.4. The van der Waals surface area contributed by atoms with E-state index in [1.807, 2.05) is 13.8 Å². The summed E-state index contributed by atoms with van der Waals surface area (Å²) in [4.78, 5) is 28.7. The predicted octanol–water partition coefficient (Wildman–Crippen LogP) is 4.04. The van der Waals surface area contributed by atoms with Crippen molar-refractivity contribution < 1.29 is 14.3 Å². The molecule has 2 N–H and O–H groups in total. The first-order valence-corrected chi connectivity index (χ1v) is 9.33. The number of aromatic nitrogens is 1. The summed E-state index contributed by atoms with van der Waals surface area (Å²) in [7, 11) is 0. The number of rotatable bonds is 9. The number of amides is 2. The SMILES string of the molecule is CCCCCNC(=O)c1cccc(C(=O)Nc2ccc(OC(C)C)cc2)n1. The minimum atomic E-state index is -0.367. The maximum Gasteiger partial charge on any atom is 0.274 e. The van der Waals surface area contributed by atoms with Crippen LogP contribution >= 0.6 is 0 Å². The quantitative estimate of drug-likeness (QED) is 0.654. The molecular weight excluding hydrogens is 342 g/mol. The molecule has 0 aliphatic heterocycles. The van der Waals surface area contributed by atoms with Crippen molar-refractivity contribution in [3.63, 3.8) is 0 Å². The number of hydrogen-bond donors (Lipinski definition) is 2. The van der Waals surface area contributed by atoms with E-state index < -0.39 is 0 Å². The van der Waals surface area contributed by atoms with E-state index in [4.69, 9.17) is 4.74 Å². The summed E-state index contributed by atoms with van der Waals surface area (Å²) in [6.07, 6.45) is 3.18. The summed E-state index contributed by atoms with van der Waals surface area (Å²) in [5.74, 6) is 0.104. The van der Waals surface area contributed by atoms with Gasteiger partial charge in [0, 0.05) is 12.2 Å². The summed E-state index contributed by atoms with van der Waals surface area (Å²) < 4.78 is 5.58. The minimum Gasteiger partial charge on any atom is -0.491 e. The number of unbranched alkanes of at least 4 members (excludes halogenated alkanes) is 2. The second kappa shape index (κ2) is 10.3. The van der Waals surface area contributed by atoms with Gasteiger partial charge in [0.15, 0.2) is 0 Å². The molecule has 0 saturated carbocycles. The number of carbonyl (C=O) groups excluding carboxylic acids is 2. The van der Waals surface area contributed by atoms with Crippen LogP contribution in [-0.4, -0.2) is 29.4 Å². The third kappa shape index (κ3) is 6.73. The molecular formula is C21H27N3O3. The summed E-state index contributed by atoms with van der Waals surface area (Å²) in [5, 5.41) is 5.60. The molecule has 144 valence electrons. The lowest BCUT2D eigenvalue weighted by Gasteiger charge is -2.11. The highest BCUT2D eigenvalue weighted by Gasteiger charge is 2.12. The molecule has 0 aliphatic rings. The summed E-state index contributed by atoms with van der Waals surface area (Å²) in [6.45, 7) is 6.62. The van der Waals surface area contributed by atoms with Gasteiger partial charge in [-0.1, -0.05) is 25.8 Å². The summed E-state index contributed by atoms with van der Waals surface area (Å²) in [5.41, 5.74) is 1.06. The monoisotopic (exact) mass is 369 g/mol. The van der Waals surface area contributed by atoms with Crippen LogP contribution < -0.4 is 15.4 Å². The first kappa shape index (κ1) is 20.4. The van der Waals surface area contributed by atoms with E-state index >= 15 is 0 Å². The molecule has 0 fully saturated rings. The van der Waals surface area contributed by atoms with Crippen LogP contribution in [0.25, 0.3) is 0 Å². The van der Waals surface area contributed by atoms with Crippen molar-refractivity contribution in [2.75, 3.05) is 11.9 Å². The number of ether oxygens (including phenoxy) is 1. The molecule has 6 heteroatoms. The fraction of sp³-hybridized carbons (Fsp3) is 0.381. The lowest BCUT2D eigenvalue weighted by atomic mass is 10.2. The Hall–Kier alpha value is -2.89. The van der Waals surface area contributed by atoms with E-state index in [-0.39, 0.29) is 29.3 Å². The molecule has 6 nitrogen and oxygen atoms in total. The van der Waals surface area contributed by atoms with E-state index in [9.17, 15) is 9.59 Å². The minimum absolute atomic E-state index is 0.0884. The average Bonchev–Trinajstić information content (AvgIpc) is 2.66. The normalized spacial score (nSPS) is 10.5. The van der Waals surface area contributed by atoms with Crippen LogP contribution in [-0.2, 0) is 0 Å². The van der Waals surface area contributed by atoms with Gasteiger partial charge in [0.1, 0.15) is 17.1 Å². The van der Waals surface area contributed by atoms with Crippen molar-refractivity contribution in [1.29, 1.82) is 0 Å². The van der Waals surface area contributed by atoms with Crippen molar-refractivity contribution in [1.82, 2.24) is 10.3 Å². The van der Waals surface area contributed by atoms with Crippen molar-refractivity contribution in [3.8, 4) is 5.75 Å². The largest absolute Gasteiger partial charge is 0.491 e. The van der Waals surface area contributed by atoms with Gasteiger partial charge in [0.25, 0.3) is 11.8 Å². The Bertz CT molecular complexity index is 758. The average molecular weight is 369 g/mol. The van der Waals surface area contributed by atoms with Crippen molar-refractivity contribution in [2.24, 2.45) is 0 Å². The lowest BCUT2D eigenvalue weighted by molar-refractivity contribution is 0.0947. The van der Waals surface area contributed by atoms with Gasteiger partial charge in [-0.3, -0.25) is 9.59 Å². The van der Waals surface area contributed by atoms with Crippen LogP contribution in [0.2, 0.25) is 0 Å². The third-order valence-corrected chi connectivity index (χ3v) is 3.76. The molecule has 0 bridgehead atoms. The number of benzene rings is 1. The number of nitrogens with zero attached hydrogens (tertiary/aromatic N) is 1. The van der Waals surface area contributed by atoms with Gasteiger partial charge in [-0.2, -0.15) is 0 Å². The molecule has 0 unspecified atom stereocenters. The highest BCUT2D eigenvalue weighted by molar-refractivity contribution is 6.03. The lowest BCUT2D eigenvalue weighted by Crippen LogP contribution is -2.26. The van der Waals surface area contributed by atoms with Crippen molar-refractivity contribution in [3.05, 3.63) is 53.9 Å². The van der Waals surface area contributed by atoms with Gasteiger partial charge in [0.05, 0.1) is 6.10 Å². The number of hydrogen-bond acceptors (Lipinski definition) is 4. The number of nitrogens with one attached hydrogen (secondary N) is 2. The Morgan fingerprint density at radius 3 is 2.30 bits per heavy atom. The summed E-state index contributed by atoms with van der Waals surface area (Å²) >= 11 is 0. The highest BCUT2D eigenvalue weighted by atomic mass is 16.5. The molecule has 0 saturated heterocycles. The van der Waals surface area contributed by atoms with Crippen molar-refractivity contribution in [2.45, 2.75) is 46.1 Å². The molecule has 1 aromatic carbocycles. The van der Waals surface area contributed by atoms with Crippen LogP contribution in [0.5, 0.6) is 5.75 Å². The first-order valence-electron chi connectivity index (χ1n) is 9.33. The van der Waals surface area contributed by atoms with Gasteiger partial charge in [-0.25, -0.2) is 4.98 Å². The molecule has 0 radical (unpaired) electrons. The highest BCUT2D eigenvalue weighted by Crippen LogP contribution is 2.17. The van der Waals surface area contributed by atoms with Gasteiger partial charge < -0.3 is 15.4 Å². The van der Waals surface area contributed by atoms with Gasteiger partial charge in [-0.05, 0) is 56.7 Å². The molecule has 2 amide bonds. The van der Waals surface area contributed by atoms with E-state index in [2.05, 4.69) is 22.5 Å². The standard InChI is InChI=1S/C21H27N3O3/c1-4-5-6-14-22-20(25)18-8-7-9-19(24-18)21(26)23-16-10-12-17(13-11-16)27-15(2)3/h7-13,15H,4-6,14H2,1-3H3,(H,22,25)(H,23,26). The predicted molar refractivity (Wildman–Crippen MR) is 106 cm³/mol. The van der Waals surface area contributed by atoms with Gasteiger partial charge in [-0.15, -0.1) is 0 Å². The Kier molecular flexibility index (Phi) is 7.79. The zero-order chi connectivity index (χ0) is 19.6. The van der Waals surface area contributed by atoms with Crippen LogP contribution in [0.3, 0.4) is 0 Å². The van der Waals surface area contributed by atoms with Crippen LogP contribution in [0.4, 0.5) is 5.69 Å². The molecule has 2 aromatic rings. The third-order valence-electron chi connectivity index (χ3n) is 3.76. The molecule has 1 heterocycles. The van der Waals surface area contributed by atoms with Gasteiger partial charge in [0.2, 0.25) is 0 Å². The van der Waals surface area contributed by atoms with Crippen LogP contribution in [0, 0.1) is 0 Å². The Morgan fingerprint density at radius 2 is 1.67 bits per heavy atom. The van der Waals surface area contributed by atoms with E-state index in [1.54, 1.807) is 42.5 Å². The zero-order valence-electron chi connectivity index (χ0n) is 16.1. The fourth-order valence-electron chi connectivity index (χ4n) is 2.44. The topological polar surface area (TPSA) is 80.3 Å². The number of pyridine rings is 1.